The molecule has 0 bridgehead atoms. The fourth-order valence-corrected chi connectivity index (χ4v) is 7.85. The highest BCUT2D eigenvalue weighted by molar-refractivity contribution is 7.99. The van der Waals surface area contributed by atoms with Gasteiger partial charge < -0.3 is 9.64 Å². The Labute approximate surface area is 279 Å². The summed E-state index contributed by atoms with van der Waals surface area (Å²) in [7, 11) is 1.58. The summed E-state index contributed by atoms with van der Waals surface area (Å²) in [6.45, 7) is 6.62. The lowest BCUT2D eigenvalue weighted by atomic mass is 9.90. The Bertz CT molecular complexity index is 2240. The second-order valence-corrected chi connectivity index (χ2v) is 13.0. The van der Waals surface area contributed by atoms with E-state index in [0.717, 1.165) is 20.6 Å². The number of carbonyl (C=O) groups excluding carboxylic acids is 1. The van der Waals surface area contributed by atoms with Crippen molar-refractivity contribution in [3.05, 3.63) is 137 Å². The van der Waals surface area contributed by atoms with E-state index in [1.165, 1.54) is 35.2 Å². The van der Waals surface area contributed by atoms with Crippen LogP contribution in [0.3, 0.4) is 0 Å². The summed E-state index contributed by atoms with van der Waals surface area (Å²) in [5.41, 5.74) is 1.71. The summed E-state index contributed by atoms with van der Waals surface area (Å²) in [4.78, 5) is 48.8. The summed E-state index contributed by atoms with van der Waals surface area (Å²) in [6.07, 6.45) is 1.69. The lowest BCUT2D eigenvalue weighted by Crippen LogP contribution is -2.43. The molecule has 6 rings (SSSR count). The minimum atomic E-state index is -0.828. The number of nitro groups is 1. The number of rotatable bonds is 9. The highest BCUT2D eigenvalue weighted by Gasteiger charge is 2.36. The van der Waals surface area contributed by atoms with Crippen LogP contribution >= 0.6 is 23.1 Å². The summed E-state index contributed by atoms with van der Waals surface area (Å²) in [5, 5.41) is 13.6. The van der Waals surface area contributed by atoms with Gasteiger partial charge in [0.2, 0.25) is 0 Å². The van der Waals surface area contributed by atoms with Gasteiger partial charge in [0.1, 0.15) is 11.8 Å². The lowest BCUT2D eigenvalue weighted by Gasteiger charge is -2.30. The van der Waals surface area contributed by atoms with E-state index in [0.29, 0.717) is 50.6 Å². The van der Waals surface area contributed by atoms with E-state index in [2.05, 4.69) is 0 Å². The van der Waals surface area contributed by atoms with Crippen LogP contribution < -0.4 is 19.6 Å². The number of nitrogens with zero attached hydrogens (tertiary/aromatic N) is 4. The van der Waals surface area contributed by atoms with E-state index >= 15 is 0 Å². The van der Waals surface area contributed by atoms with Crippen molar-refractivity contribution in [3.63, 3.8) is 0 Å². The van der Waals surface area contributed by atoms with Gasteiger partial charge in [0.15, 0.2) is 4.80 Å². The maximum atomic E-state index is 14.6. The number of likely N-dealkylation sites (N-methyl/N-ethyl adjacent to an activating group) is 1. The van der Waals surface area contributed by atoms with E-state index in [4.69, 9.17) is 9.73 Å². The molecule has 1 atom stereocenters. The van der Waals surface area contributed by atoms with Gasteiger partial charge in [-0.25, -0.2) is 4.99 Å². The molecule has 5 aromatic rings. The number of non-ortho nitro benzene ring substituents is 1. The van der Waals surface area contributed by atoms with Crippen molar-refractivity contribution < 1.29 is 14.5 Å². The zero-order valence-electron chi connectivity index (χ0n) is 26.3. The van der Waals surface area contributed by atoms with Crippen LogP contribution in [0.1, 0.15) is 37.9 Å². The number of aromatic nitrogens is 1. The zero-order valence-corrected chi connectivity index (χ0v) is 27.9. The van der Waals surface area contributed by atoms with E-state index in [9.17, 15) is 19.7 Å². The fourth-order valence-electron chi connectivity index (χ4n) is 5.90. The molecule has 1 aromatic heterocycles. The zero-order chi connectivity index (χ0) is 33.2. The number of ether oxygens (including phenoxy) is 1. The Morgan fingerprint density at radius 3 is 2.49 bits per heavy atom. The maximum absolute atomic E-state index is 14.6. The molecule has 0 saturated carbocycles. The molecule has 4 aromatic carbocycles. The largest absolute Gasteiger partial charge is 0.496 e. The Balaban J connectivity index is 1.63. The molecule has 47 heavy (non-hydrogen) atoms. The second kappa shape index (κ2) is 13.4. The van der Waals surface area contributed by atoms with E-state index in [-0.39, 0.29) is 17.2 Å². The first-order chi connectivity index (χ1) is 22.7. The molecular weight excluding hydrogens is 633 g/mol. The third-order valence-corrected chi connectivity index (χ3v) is 10.3. The summed E-state index contributed by atoms with van der Waals surface area (Å²) < 4.78 is 7.80. The topological polar surface area (TPSA) is 107 Å². The second-order valence-electron chi connectivity index (χ2n) is 10.9. The van der Waals surface area contributed by atoms with Gasteiger partial charge in [0, 0.05) is 40.6 Å². The highest BCUT2D eigenvalue weighted by atomic mass is 32.2. The number of hydrogen-bond acceptors (Lipinski definition) is 8. The van der Waals surface area contributed by atoms with Crippen LogP contribution in [0.4, 0.5) is 5.69 Å². The van der Waals surface area contributed by atoms with Crippen molar-refractivity contribution in [2.75, 3.05) is 20.2 Å². The first kappa shape index (κ1) is 32.0. The Hall–Kier alpha value is -5.00. The number of hydrogen-bond donors (Lipinski definition) is 0. The van der Waals surface area contributed by atoms with Crippen LogP contribution in [0.2, 0.25) is 0 Å². The normalized spacial score (nSPS) is 14.6. The number of methoxy groups -OCH3 is 1. The molecule has 238 valence electrons. The summed E-state index contributed by atoms with van der Waals surface area (Å²) in [5.74, 6) is 0.341. The number of fused-ring (bicyclic) bond motifs is 2. The fraction of sp³-hybridized carbons (Fsp3) is 0.194. The molecule has 0 saturated heterocycles. The predicted molar refractivity (Wildman–Crippen MR) is 186 cm³/mol. The molecule has 0 spiro atoms. The first-order valence-electron chi connectivity index (χ1n) is 15.1. The molecule has 0 N–H and O–H groups in total. The molecule has 2 heterocycles. The molecule has 9 nitrogen and oxygen atoms in total. The van der Waals surface area contributed by atoms with Crippen LogP contribution in [0, 0.1) is 10.1 Å². The SMILES string of the molecule is CCN(CC)C(=O)C1=C(C)N=c2s/c(=C\c3cc([N+](=O)[O-])ccc3Sc3ccccc3)c(=O)n2[C@H]1c1c(OC)ccc2ccccc12. The van der Waals surface area contributed by atoms with E-state index in [1.807, 2.05) is 80.6 Å². The van der Waals surface area contributed by atoms with E-state index in [1.54, 1.807) is 35.6 Å². The predicted octanol–water partition coefficient (Wildman–Crippen LogP) is 6.32. The van der Waals surface area contributed by atoms with Crippen LogP contribution in [0.15, 0.2) is 116 Å². The van der Waals surface area contributed by atoms with Gasteiger partial charge in [-0.3, -0.25) is 24.3 Å². The third-order valence-electron chi connectivity index (χ3n) is 8.19. The number of carbonyl (C=O) groups is 1. The number of benzene rings is 4. The molecule has 11 heteroatoms. The summed E-state index contributed by atoms with van der Waals surface area (Å²) >= 11 is 2.64. The molecule has 1 aliphatic rings. The van der Waals surface area contributed by atoms with Gasteiger partial charge in [0.05, 0.1) is 27.8 Å². The molecule has 0 radical (unpaired) electrons. The molecule has 1 aliphatic heterocycles. The standard InChI is InChI=1S/C36H32N4O5S2/c1-5-38(6-2)35(42)31-22(3)37-36-39(33(31)32-27-15-11-10-12-23(27)16-18-28(32)45-4)34(41)30(47-36)21-24-20-25(40(43)44)17-19-29(24)46-26-13-8-7-9-14-26/h7-21,33H,5-6H2,1-4H3/b30-21-/t33-/m1/s1. The minimum absolute atomic E-state index is 0.0808. The summed E-state index contributed by atoms with van der Waals surface area (Å²) in [6, 6.07) is 25.1. The molecule has 0 fully saturated rings. The van der Waals surface area contributed by atoms with Crippen molar-refractivity contribution in [1.82, 2.24) is 9.47 Å². The van der Waals surface area contributed by atoms with Crippen molar-refractivity contribution in [1.29, 1.82) is 0 Å². The molecule has 0 aliphatic carbocycles. The maximum Gasteiger partial charge on any atom is 0.271 e. The van der Waals surface area contributed by atoms with E-state index < -0.39 is 11.0 Å². The van der Waals surface area contributed by atoms with Gasteiger partial charge in [-0.1, -0.05) is 71.6 Å². The monoisotopic (exact) mass is 664 g/mol. The van der Waals surface area contributed by atoms with Gasteiger partial charge in [-0.15, -0.1) is 0 Å². The number of allylic oxidation sites excluding steroid dienone is 1. The van der Waals surface area contributed by atoms with Crippen LogP contribution in [0.5, 0.6) is 5.75 Å². The van der Waals surface area contributed by atoms with Crippen LogP contribution in [-0.2, 0) is 4.79 Å². The average molecular weight is 665 g/mol. The number of thiazole rings is 1. The van der Waals surface area contributed by atoms with Crippen LogP contribution in [-0.4, -0.2) is 40.5 Å². The number of nitro benzene ring substituents is 1. The van der Waals surface area contributed by atoms with Gasteiger partial charge >= 0.3 is 0 Å². The molecule has 1 amide bonds. The van der Waals surface area contributed by atoms with Crippen molar-refractivity contribution in [3.8, 4) is 5.75 Å². The van der Waals surface area contributed by atoms with Crippen molar-refractivity contribution >= 4 is 51.5 Å². The molecule has 0 unspecified atom stereocenters. The smallest absolute Gasteiger partial charge is 0.271 e. The Morgan fingerprint density at radius 2 is 1.79 bits per heavy atom. The quantitative estimate of drug-likeness (QED) is 0.135. The van der Waals surface area contributed by atoms with Crippen LogP contribution in [0.25, 0.3) is 16.8 Å². The lowest BCUT2D eigenvalue weighted by molar-refractivity contribution is -0.384. The van der Waals surface area contributed by atoms with Gasteiger partial charge in [0.25, 0.3) is 17.2 Å². The first-order valence-corrected chi connectivity index (χ1v) is 16.8. The van der Waals surface area contributed by atoms with Gasteiger partial charge in [-0.2, -0.15) is 0 Å². The minimum Gasteiger partial charge on any atom is -0.496 e. The van der Waals surface area contributed by atoms with Gasteiger partial charge in [-0.05, 0) is 67.4 Å². The average Bonchev–Trinajstić information content (AvgIpc) is 3.38. The number of amides is 1. The Kier molecular flexibility index (Phi) is 9.10. The van der Waals surface area contributed by atoms with Crippen molar-refractivity contribution in [2.45, 2.75) is 36.6 Å². The third kappa shape index (κ3) is 5.99. The Morgan fingerprint density at radius 1 is 1.06 bits per heavy atom. The van der Waals surface area contributed by atoms with Crippen molar-refractivity contribution in [2.24, 2.45) is 4.99 Å². The highest BCUT2D eigenvalue weighted by Crippen LogP contribution is 2.40. The molecular formula is C36H32N4O5S2.